The van der Waals surface area contributed by atoms with Gasteiger partial charge in [0, 0.05) is 13.0 Å². The van der Waals surface area contributed by atoms with Gasteiger partial charge in [-0.05, 0) is 150 Å². The summed E-state index contributed by atoms with van der Waals surface area (Å²) in [5, 5.41) is 55.7. The fraction of sp³-hybridized carbons (Fsp3) is 0.659. The van der Waals surface area contributed by atoms with Crippen molar-refractivity contribution in [2.75, 3.05) is 26.2 Å². The topological polar surface area (TPSA) is 643 Å². The van der Waals surface area contributed by atoms with Crippen LogP contribution in [-0.2, 0) is 107 Å². The Kier molecular flexibility index (Phi) is 48.8. The van der Waals surface area contributed by atoms with Crippen molar-refractivity contribution in [1.29, 1.82) is 0 Å². The first-order chi connectivity index (χ1) is 61.5. The number of likely N-dealkylation sites (tertiary alicyclic amines) is 1. The van der Waals surface area contributed by atoms with E-state index in [1.807, 2.05) is 13.8 Å². The summed E-state index contributed by atoms with van der Waals surface area (Å²) in [6, 6.07) is -13.0. The van der Waals surface area contributed by atoms with Gasteiger partial charge in [0.15, 0.2) is 0 Å². The van der Waals surface area contributed by atoms with E-state index in [-0.39, 0.29) is 69.8 Å². The molecule has 18 atom stereocenters. The van der Waals surface area contributed by atoms with E-state index in [1.165, 1.54) is 73.3 Å². The van der Waals surface area contributed by atoms with Crippen LogP contribution in [0.1, 0.15) is 214 Å². The molecule has 19 amide bonds. The van der Waals surface area contributed by atoms with Gasteiger partial charge in [0.05, 0.1) is 19.1 Å². The van der Waals surface area contributed by atoms with Crippen molar-refractivity contribution < 1.29 is 106 Å². The molecule has 0 aliphatic carbocycles. The van der Waals surface area contributed by atoms with Gasteiger partial charge < -0.3 is 122 Å². The van der Waals surface area contributed by atoms with E-state index in [4.69, 9.17) is 16.2 Å². The number of amides is 19. The maximum atomic E-state index is 14.3. The minimum absolute atomic E-state index is 0.0655. The average Bonchev–Trinajstić information content (AvgIpc) is 1.74. The molecular formula is C88H143N21O22. The second-order valence-electron chi connectivity index (χ2n) is 34.6. The van der Waals surface area contributed by atoms with Crippen LogP contribution < -0.4 is 107 Å². The standard InChI is InChI=1S/C88H143N21O22/c1-20-23-24-25-29-33-57(110)42-65(111)99-59(22-3)87(129)109-39-30-34-64(109)82(124)103-62(40-44(4)5)81(123)96-51(15)73(115)94-49(13)71(113)93-50(14)72(114)95-53(17)76(118)105-67(45(6)7)83(125)91-43-66(112)92-48(12)75(117)106-68(46(8)9)84(126)97-54(18)77(119)107-69(47(10)11)85(127)100-58(21-2)78(120)108-70-55(19)131-88(130)63(41-56-31-27-26-28-32-56)104-80(122)61(36-38-90)102-79(121)60(35-37-89)101-74(116)52(16)98-86(70)128/h21-22,26-28,31-32,44-55,57,60-64,67-70,110H,20,23-25,29-30,33-43,89-90H2,1-19H3,(H,91,125)(H,92,112)(H,93,113)(H,94,115)(H,95,114)(H,96,123)(H,97,126)(H,98,128)(H,99,111)(H,100,127)(H,101,116)(H,102,121)(H,103,124)(H,104,122)(H,105,118)(H,106,117)(H,107,119)(H,108,120)/b58-21-,59-22-. The number of esters is 1. The molecule has 0 radical (unpaired) electrons. The van der Waals surface area contributed by atoms with Crippen LogP contribution in [0.5, 0.6) is 0 Å². The Hall–Kier alpha value is -12.0. The number of benzene rings is 1. The molecule has 2 fully saturated rings. The SMILES string of the molecule is C/C=C(\NC(=O)C(NC(=O)C(C)NC(=O)C(NC(=O)C(C)NC(=O)CNC(=O)C(NC(=O)C(C)NC(=O)C(C)NC(=O)C(C)NC(=O)C(C)NC(=O)C(CC(C)C)NC(=O)C1CCCN1C(=O)/C(=C/C)NC(=O)CC(O)CCCCCCC)C(C)C)C(C)C)C(C)C)C(=O)NC1C(=O)NC(C)C(=O)NC(CCN)C(=O)NC(CCN)C(=O)NC(Cc2ccccc2)C(=O)OC1C. The second-order valence-corrected chi connectivity index (χ2v) is 34.6. The molecule has 2 aliphatic heterocycles. The minimum atomic E-state index is -1.83. The van der Waals surface area contributed by atoms with Crippen molar-refractivity contribution >= 4 is 118 Å². The van der Waals surface area contributed by atoms with Crippen molar-refractivity contribution in [2.24, 2.45) is 35.1 Å². The molecule has 0 saturated carbocycles. The number of cyclic esters (lactones) is 1. The average molecular weight is 1850 g/mol. The Balaban J connectivity index is 1.58. The van der Waals surface area contributed by atoms with E-state index in [9.17, 15) is 101 Å². The molecule has 1 aromatic rings. The van der Waals surface area contributed by atoms with Crippen LogP contribution in [-0.4, -0.2) is 263 Å². The third-order valence-electron chi connectivity index (χ3n) is 21.7. The van der Waals surface area contributed by atoms with E-state index in [2.05, 4.69) is 103 Å². The number of carbonyl (C=O) groups is 20. The second kappa shape index (κ2) is 56.5. The third kappa shape index (κ3) is 38.1. The number of ether oxygens (including phenoxy) is 1. The molecule has 0 aromatic heterocycles. The summed E-state index contributed by atoms with van der Waals surface area (Å²) in [5.74, 6) is -19.2. The highest BCUT2D eigenvalue weighted by Gasteiger charge is 2.42. The molecule has 43 nitrogen and oxygen atoms in total. The number of aliphatic hydroxyl groups excluding tert-OH is 1. The minimum Gasteiger partial charge on any atom is -0.458 e. The monoisotopic (exact) mass is 1850 g/mol. The van der Waals surface area contributed by atoms with Gasteiger partial charge in [-0.15, -0.1) is 0 Å². The first kappa shape index (κ1) is 113. The third-order valence-corrected chi connectivity index (χ3v) is 21.7. The molecule has 43 heteroatoms. The van der Waals surface area contributed by atoms with Crippen molar-refractivity contribution in [3.05, 3.63) is 59.4 Å². The van der Waals surface area contributed by atoms with Crippen molar-refractivity contribution in [2.45, 2.75) is 324 Å². The zero-order valence-corrected chi connectivity index (χ0v) is 78.9. The fourth-order valence-electron chi connectivity index (χ4n) is 13.7. The number of aliphatic hydroxyl groups is 1. The highest BCUT2D eigenvalue weighted by Crippen LogP contribution is 2.22. The molecule has 18 unspecified atom stereocenters. The van der Waals surface area contributed by atoms with Crippen LogP contribution >= 0.6 is 0 Å². The lowest BCUT2D eigenvalue weighted by Gasteiger charge is -2.30. The lowest BCUT2D eigenvalue weighted by molar-refractivity contribution is -0.156. The number of nitrogens with two attached hydrogens (primary N) is 2. The Labute approximate surface area is 765 Å². The van der Waals surface area contributed by atoms with Gasteiger partial charge in [-0.25, -0.2) is 4.79 Å². The number of allylic oxidation sites excluding steroid dienone is 2. The lowest BCUT2D eigenvalue weighted by Crippen LogP contribution is -2.61. The maximum Gasteiger partial charge on any atom is 0.329 e. The maximum absolute atomic E-state index is 14.3. The quantitative estimate of drug-likeness (QED) is 0.0171. The van der Waals surface area contributed by atoms with Crippen LogP contribution in [0.3, 0.4) is 0 Å². The zero-order chi connectivity index (χ0) is 99.0. The summed E-state index contributed by atoms with van der Waals surface area (Å²) in [7, 11) is 0. The molecule has 2 saturated heterocycles. The van der Waals surface area contributed by atoms with Gasteiger partial charge in [0.1, 0.15) is 114 Å². The summed E-state index contributed by atoms with van der Waals surface area (Å²) in [4.78, 5) is 275. The molecule has 1 aromatic carbocycles. The van der Waals surface area contributed by atoms with E-state index < -0.39 is 257 Å². The van der Waals surface area contributed by atoms with Crippen LogP contribution in [0.25, 0.3) is 0 Å². The predicted octanol–water partition coefficient (Wildman–Crippen LogP) is -3.44. The number of nitrogens with zero attached hydrogens (tertiary/aromatic N) is 1. The molecule has 2 aliphatic rings. The Morgan fingerprint density at radius 2 is 0.954 bits per heavy atom. The van der Waals surface area contributed by atoms with Gasteiger partial charge in [-0.1, -0.05) is 137 Å². The summed E-state index contributed by atoms with van der Waals surface area (Å²) in [6.45, 7) is 27.7. The summed E-state index contributed by atoms with van der Waals surface area (Å²) in [6.07, 6.45) is 5.67. The predicted molar refractivity (Wildman–Crippen MR) is 481 cm³/mol. The summed E-state index contributed by atoms with van der Waals surface area (Å²) >= 11 is 0. The summed E-state index contributed by atoms with van der Waals surface area (Å²) < 4.78 is 5.79. The first-order valence-electron chi connectivity index (χ1n) is 44.9. The van der Waals surface area contributed by atoms with Crippen molar-refractivity contribution in [3.63, 3.8) is 0 Å². The first-order valence-corrected chi connectivity index (χ1v) is 44.9. The number of hydrogen-bond acceptors (Lipinski definition) is 24. The number of unbranched alkanes of at least 4 members (excludes halogenated alkanes) is 4. The Bertz CT molecular complexity index is 4200. The molecule has 23 N–H and O–H groups in total. The van der Waals surface area contributed by atoms with Crippen LogP contribution in [0.2, 0.25) is 0 Å². The van der Waals surface area contributed by atoms with Crippen LogP contribution in [0.4, 0.5) is 0 Å². The number of nitrogens with one attached hydrogen (secondary N) is 18. The number of rotatable bonds is 47. The van der Waals surface area contributed by atoms with E-state index in [0.717, 1.165) is 38.2 Å². The van der Waals surface area contributed by atoms with Crippen molar-refractivity contribution in [1.82, 2.24) is 101 Å². The number of carbonyl (C=O) groups excluding carboxylic acids is 20. The molecule has 0 spiro atoms. The zero-order valence-electron chi connectivity index (χ0n) is 78.9. The largest absolute Gasteiger partial charge is 0.458 e. The van der Waals surface area contributed by atoms with E-state index in [1.54, 1.807) is 78.8 Å². The van der Waals surface area contributed by atoms with E-state index >= 15 is 0 Å². The normalized spacial score (nSPS) is 20.2. The van der Waals surface area contributed by atoms with Gasteiger partial charge in [-0.2, -0.15) is 0 Å². The highest BCUT2D eigenvalue weighted by atomic mass is 16.5. The molecule has 732 valence electrons. The van der Waals surface area contributed by atoms with Gasteiger partial charge >= 0.3 is 5.97 Å². The van der Waals surface area contributed by atoms with Gasteiger partial charge in [0.2, 0.25) is 100 Å². The van der Waals surface area contributed by atoms with Crippen molar-refractivity contribution in [3.8, 4) is 0 Å². The van der Waals surface area contributed by atoms with Crippen LogP contribution in [0, 0.1) is 23.7 Å². The molecule has 0 bridgehead atoms. The molecule has 3 rings (SSSR count). The number of hydrogen-bond donors (Lipinski definition) is 21. The highest BCUT2D eigenvalue weighted by molar-refractivity contribution is 6.05. The Morgan fingerprint density at radius 3 is 1.44 bits per heavy atom. The van der Waals surface area contributed by atoms with E-state index in [0.29, 0.717) is 18.4 Å². The molecule has 2 heterocycles. The summed E-state index contributed by atoms with van der Waals surface area (Å²) in [5.41, 5.74) is 11.6. The fourth-order valence-corrected chi connectivity index (χ4v) is 13.7. The van der Waals surface area contributed by atoms with Crippen LogP contribution in [0.15, 0.2) is 53.9 Å². The molecular weight excluding hydrogens is 1700 g/mol. The smallest absolute Gasteiger partial charge is 0.329 e. The van der Waals surface area contributed by atoms with Gasteiger partial charge in [0.25, 0.3) is 11.8 Å². The Morgan fingerprint density at radius 1 is 0.504 bits per heavy atom. The van der Waals surface area contributed by atoms with Gasteiger partial charge in [-0.3, -0.25) is 91.1 Å². The lowest BCUT2D eigenvalue weighted by atomic mass is 10.0. The molecule has 131 heavy (non-hydrogen) atoms.